The van der Waals surface area contributed by atoms with E-state index in [1.165, 1.54) is 0 Å². The van der Waals surface area contributed by atoms with Crippen LogP contribution >= 0.6 is 0 Å². The summed E-state index contributed by atoms with van der Waals surface area (Å²) in [6, 6.07) is 19.5. The normalized spacial score (nSPS) is 10.4. The molecule has 0 bridgehead atoms. The molecule has 0 aliphatic rings. The Bertz CT molecular complexity index is 501. The first-order chi connectivity index (χ1) is 8.36. The summed E-state index contributed by atoms with van der Waals surface area (Å²) in [6.07, 6.45) is 3.53. The van der Waals surface area contributed by atoms with E-state index < -0.39 is 0 Å². The first kappa shape index (κ1) is 11.1. The summed E-state index contributed by atoms with van der Waals surface area (Å²) in [6.45, 7) is 0. The van der Waals surface area contributed by atoms with Crippen LogP contribution in [0.4, 0.5) is 5.69 Å². The molecule has 0 spiro atoms. The van der Waals surface area contributed by atoms with E-state index in [-0.39, 0.29) is 0 Å². The highest BCUT2D eigenvalue weighted by atomic mass is 14.8. The highest BCUT2D eigenvalue weighted by molar-refractivity contribution is 6.06. The van der Waals surface area contributed by atoms with E-state index in [4.69, 9.17) is 5.41 Å². The van der Waals surface area contributed by atoms with E-state index in [0.29, 0.717) is 5.71 Å². The van der Waals surface area contributed by atoms with Crippen molar-refractivity contribution in [2.24, 2.45) is 0 Å². The molecule has 84 valence electrons. The quantitative estimate of drug-likeness (QED) is 0.760. The summed E-state index contributed by atoms with van der Waals surface area (Å²) in [5, 5.41) is 11.0. The Hall–Kier alpha value is -2.35. The highest BCUT2D eigenvalue weighted by Gasteiger charge is 1.94. The molecule has 0 unspecified atom stereocenters. The minimum Gasteiger partial charge on any atom is -0.362 e. The number of para-hydroxylation sites is 1. The lowest BCUT2D eigenvalue weighted by atomic mass is 10.1. The van der Waals surface area contributed by atoms with Crippen LogP contribution in [-0.2, 0) is 0 Å². The second-order valence-electron chi connectivity index (χ2n) is 3.62. The minimum atomic E-state index is 0.494. The standard InChI is InChI=1S/C15H14N2/c16-15(13-7-3-1-4-8-13)11-12-17-14-9-5-2-6-10-14/h1-12,16-17H. The van der Waals surface area contributed by atoms with Crippen molar-refractivity contribution in [2.75, 3.05) is 5.32 Å². The molecular formula is C15H14N2. The predicted octanol–water partition coefficient (Wildman–Crippen LogP) is 3.68. The Balaban J connectivity index is 1.96. The Morgan fingerprint density at radius 1 is 0.882 bits per heavy atom. The van der Waals surface area contributed by atoms with Crippen molar-refractivity contribution in [1.29, 1.82) is 5.41 Å². The molecule has 0 heterocycles. The molecule has 0 saturated carbocycles. The zero-order valence-electron chi connectivity index (χ0n) is 9.43. The lowest BCUT2D eigenvalue weighted by molar-refractivity contribution is 1.48. The molecule has 0 aliphatic heterocycles. The number of hydrogen-bond acceptors (Lipinski definition) is 2. The SMILES string of the molecule is N=C(C=CNc1ccccc1)c1ccccc1. The first-order valence-corrected chi connectivity index (χ1v) is 5.48. The zero-order valence-corrected chi connectivity index (χ0v) is 9.43. The van der Waals surface area contributed by atoms with Gasteiger partial charge in [0.1, 0.15) is 0 Å². The third kappa shape index (κ3) is 3.31. The number of anilines is 1. The van der Waals surface area contributed by atoms with E-state index in [9.17, 15) is 0 Å². The minimum absolute atomic E-state index is 0.494. The number of benzene rings is 2. The number of allylic oxidation sites excluding steroid dienone is 1. The Morgan fingerprint density at radius 2 is 1.47 bits per heavy atom. The van der Waals surface area contributed by atoms with E-state index in [2.05, 4.69) is 5.32 Å². The number of nitrogens with one attached hydrogen (secondary N) is 2. The molecular weight excluding hydrogens is 208 g/mol. The molecule has 0 aliphatic carbocycles. The van der Waals surface area contributed by atoms with Crippen LogP contribution < -0.4 is 5.32 Å². The van der Waals surface area contributed by atoms with E-state index in [1.54, 1.807) is 12.3 Å². The van der Waals surface area contributed by atoms with Crippen LogP contribution in [0.2, 0.25) is 0 Å². The predicted molar refractivity (Wildman–Crippen MR) is 72.5 cm³/mol. The molecule has 17 heavy (non-hydrogen) atoms. The average Bonchev–Trinajstić information content (AvgIpc) is 2.41. The van der Waals surface area contributed by atoms with Crippen LogP contribution in [0.15, 0.2) is 72.9 Å². The van der Waals surface area contributed by atoms with Gasteiger partial charge >= 0.3 is 0 Å². The van der Waals surface area contributed by atoms with Gasteiger partial charge in [-0.05, 0) is 23.8 Å². The maximum absolute atomic E-state index is 7.87. The summed E-state index contributed by atoms with van der Waals surface area (Å²) < 4.78 is 0. The fourth-order valence-corrected chi connectivity index (χ4v) is 1.47. The van der Waals surface area contributed by atoms with Gasteiger partial charge in [-0.1, -0.05) is 48.5 Å². The Kier molecular flexibility index (Phi) is 3.71. The summed E-state index contributed by atoms with van der Waals surface area (Å²) in [7, 11) is 0. The van der Waals surface area contributed by atoms with Crippen LogP contribution in [0, 0.1) is 5.41 Å². The molecule has 0 fully saturated rings. The second kappa shape index (κ2) is 5.66. The topological polar surface area (TPSA) is 35.9 Å². The van der Waals surface area contributed by atoms with Crippen LogP contribution in [0.3, 0.4) is 0 Å². The molecule has 2 N–H and O–H groups in total. The Morgan fingerprint density at radius 3 is 2.12 bits per heavy atom. The van der Waals surface area contributed by atoms with Gasteiger partial charge in [-0.3, -0.25) is 0 Å². The fourth-order valence-electron chi connectivity index (χ4n) is 1.47. The van der Waals surface area contributed by atoms with Crippen molar-refractivity contribution in [1.82, 2.24) is 0 Å². The van der Waals surface area contributed by atoms with Gasteiger partial charge in [0.2, 0.25) is 0 Å². The first-order valence-electron chi connectivity index (χ1n) is 5.48. The van der Waals surface area contributed by atoms with E-state index in [1.807, 2.05) is 60.7 Å². The molecule has 0 saturated heterocycles. The summed E-state index contributed by atoms with van der Waals surface area (Å²) in [4.78, 5) is 0. The van der Waals surface area contributed by atoms with Crippen molar-refractivity contribution in [2.45, 2.75) is 0 Å². The molecule has 0 amide bonds. The maximum atomic E-state index is 7.87. The fraction of sp³-hybridized carbons (Fsp3) is 0. The van der Waals surface area contributed by atoms with Crippen LogP contribution in [0.5, 0.6) is 0 Å². The van der Waals surface area contributed by atoms with Gasteiger partial charge in [0, 0.05) is 11.9 Å². The smallest absolute Gasteiger partial charge is 0.0626 e. The third-order valence-corrected chi connectivity index (χ3v) is 2.36. The van der Waals surface area contributed by atoms with Gasteiger partial charge in [-0.25, -0.2) is 0 Å². The van der Waals surface area contributed by atoms with Gasteiger partial charge in [0.25, 0.3) is 0 Å². The molecule has 0 aromatic heterocycles. The van der Waals surface area contributed by atoms with Crippen molar-refractivity contribution >= 4 is 11.4 Å². The summed E-state index contributed by atoms with van der Waals surface area (Å²) in [5.74, 6) is 0. The van der Waals surface area contributed by atoms with Gasteiger partial charge in [-0.15, -0.1) is 0 Å². The van der Waals surface area contributed by atoms with Crippen molar-refractivity contribution in [3.05, 3.63) is 78.5 Å². The molecule has 2 rings (SSSR count). The molecule has 0 atom stereocenters. The molecule has 0 radical (unpaired) electrons. The highest BCUT2D eigenvalue weighted by Crippen LogP contribution is 2.05. The lowest BCUT2D eigenvalue weighted by Gasteiger charge is -2.00. The molecule has 2 aromatic rings. The van der Waals surface area contributed by atoms with E-state index >= 15 is 0 Å². The second-order valence-corrected chi connectivity index (χ2v) is 3.62. The van der Waals surface area contributed by atoms with Crippen molar-refractivity contribution in [3.63, 3.8) is 0 Å². The largest absolute Gasteiger partial charge is 0.362 e. The van der Waals surface area contributed by atoms with Gasteiger partial charge in [0.15, 0.2) is 0 Å². The molecule has 2 aromatic carbocycles. The monoisotopic (exact) mass is 222 g/mol. The van der Waals surface area contributed by atoms with Gasteiger partial charge in [0.05, 0.1) is 5.71 Å². The number of hydrogen-bond donors (Lipinski definition) is 2. The van der Waals surface area contributed by atoms with E-state index in [0.717, 1.165) is 11.3 Å². The lowest BCUT2D eigenvalue weighted by Crippen LogP contribution is -1.95. The van der Waals surface area contributed by atoms with Crippen LogP contribution in [-0.4, -0.2) is 5.71 Å². The maximum Gasteiger partial charge on any atom is 0.0626 e. The third-order valence-electron chi connectivity index (χ3n) is 2.36. The summed E-state index contributed by atoms with van der Waals surface area (Å²) in [5.41, 5.74) is 2.43. The van der Waals surface area contributed by atoms with Crippen LogP contribution in [0.25, 0.3) is 0 Å². The molecule has 2 heteroatoms. The van der Waals surface area contributed by atoms with Gasteiger partial charge < -0.3 is 10.7 Å². The average molecular weight is 222 g/mol. The number of rotatable bonds is 4. The van der Waals surface area contributed by atoms with Crippen molar-refractivity contribution < 1.29 is 0 Å². The summed E-state index contributed by atoms with van der Waals surface area (Å²) >= 11 is 0. The van der Waals surface area contributed by atoms with Crippen LogP contribution in [0.1, 0.15) is 5.56 Å². The van der Waals surface area contributed by atoms with Crippen molar-refractivity contribution in [3.8, 4) is 0 Å². The van der Waals surface area contributed by atoms with Gasteiger partial charge in [-0.2, -0.15) is 0 Å². The Labute approximate surface area is 101 Å². The molecule has 2 nitrogen and oxygen atoms in total. The zero-order chi connectivity index (χ0) is 11.9.